The second kappa shape index (κ2) is 4.74. The number of anilines is 1. The summed E-state index contributed by atoms with van der Waals surface area (Å²) in [7, 11) is -1.84. The first-order valence-corrected chi connectivity index (χ1v) is 10.1. The van der Waals surface area contributed by atoms with Gasteiger partial charge in [0, 0.05) is 19.3 Å². The molecule has 1 aromatic carbocycles. The molecule has 1 aliphatic heterocycles. The fraction of sp³-hybridized carbons (Fsp3) is 0.462. The van der Waals surface area contributed by atoms with Gasteiger partial charge in [0.25, 0.3) is 5.91 Å². The van der Waals surface area contributed by atoms with Gasteiger partial charge >= 0.3 is 6.36 Å². The Labute approximate surface area is 120 Å². The number of rotatable bonds is 3. The van der Waals surface area contributed by atoms with Crippen LogP contribution in [0.25, 0.3) is 0 Å². The lowest BCUT2D eigenvalue weighted by molar-refractivity contribution is -0.274. The second-order valence-electron chi connectivity index (χ2n) is 6.31. The minimum Gasteiger partial charge on any atom is -0.406 e. The summed E-state index contributed by atoms with van der Waals surface area (Å²) in [4.78, 5) is 12.0. The van der Waals surface area contributed by atoms with Crippen LogP contribution in [-0.2, 0) is 10.4 Å². The van der Waals surface area contributed by atoms with Crippen molar-refractivity contribution in [3.05, 3.63) is 23.8 Å². The van der Waals surface area contributed by atoms with E-state index in [1.54, 1.807) is 0 Å². The highest BCUT2D eigenvalue weighted by atomic mass is 28.3. The van der Waals surface area contributed by atoms with Crippen LogP contribution in [-0.4, -0.2) is 25.4 Å². The monoisotopic (exact) mass is 319 g/mol. The lowest BCUT2D eigenvalue weighted by Gasteiger charge is -2.28. The summed E-state index contributed by atoms with van der Waals surface area (Å²) in [5.74, 6) is -1.06. The molecule has 116 valence electrons. The standard InChI is InChI=1S/C13H16F3NO3Si/c1-21(2,3)7-12(19)9-6-8(20-13(14,15)16)4-5-10(9)17-11(12)18/h4-6,19H,7H2,1-3H3,(H,17,18). The second-order valence-corrected chi connectivity index (χ2v) is 11.8. The van der Waals surface area contributed by atoms with Gasteiger partial charge in [-0.3, -0.25) is 4.79 Å². The molecule has 0 spiro atoms. The van der Waals surface area contributed by atoms with Gasteiger partial charge in [-0.15, -0.1) is 13.2 Å². The molecule has 1 atom stereocenters. The summed E-state index contributed by atoms with van der Waals surface area (Å²) in [5, 5.41) is 13.2. The van der Waals surface area contributed by atoms with Crippen molar-refractivity contribution in [3.8, 4) is 5.75 Å². The lowest BCUT2D eigenvalue weighted by Crippen LogP contribution is -2.41. The number of aliphatic hydroxyl groups is 1. The van der Waals surface area contributed by atoms with E-state index in [0.29, 0.717) is 5.69 Å². The fourth-order valence-corrected chi connectivity index (χ4v) is 4.35. The molecular formula is C13H16F3NO3Si. The maximum atomic E-state index is 12.3. The average molecular weight is 319 g/mol. The Balaban J connectivity index is 2.42. The van der Waals surface area contributed by atoms with E-state index in [0.717, 1.165) is 12.1 Å². The molecule has 0 bridgehead atoms. The van der Waals surface area contributed by atoms with Gasteiger partial charge < -0.3 is 15.2 Å². The summed E-state index contributed by atoms with van der Waals surface area (Å²) in [6, 6.07) is 3.69. The fourth-order valence-electron chi connectivity index (χ4n) is 2.46. The number of amides is 1. The quantitative estimate of drug-likeness (QED) is 0.842. The topological polar surface area (TPSA) is 58.6 Å². The minimum absolute atomic E-state index is 0.136. The van der Waals surface area contributed by atoms with Crippen molar-refractivity contribution in [2.75, 3.05) is 5.32 Å². The van der Waals surface area contributed by atoms with Gasteiger partial charge in [-0.1, -0.05) is 19.6 Å². The molecule has 4 nitrogen and oxygen atoms in total. The number of hydrogen-bond acceptors (Lipinski definition) is 3. The Kier molecular flexibility index (Phi) is 3.57. The summed E-state index contributed by atoms with van der Waals surface area (Å²) >= 11 is 0. The number of alkyl halides is 3. The highest BCUT2D eigenvalue weighted by molar-refractivity contribution is 6.76. The highest BCUT2D eigenvalue weighted by Gasteiger charge is 2.48. The first-order chi connectivity index (χ1) is 9.41. The van der Waals surface area contributed by atoms with Gasteiger partial charge in [0.2, 0.25) is 0 Å². The summed E-state index contributed by atoms with van der Waals surface area (Å²) in [5.41, 5.74) is -1.35. The molecule has 8 heteroatoms. The van der Waals surface area contributed by atoms with E-state index in [2.05, 4.69) is 10.1 Å². The van der Waals surface area contributed by atoms with E-state index < -0.39 is 31.7 Å². The van der Waals surface area contributed by atoms with Gasteiger partial charge in [0.05, 0.1) is 0 Å². The smallest absolute Gasteiger partial charge is 0.406 e. The van der Waals surface area contributed by atoms with Crippen molar-refractivity contribution in [3.63, 3.8) is 0 Å². The average Bonchev–Trinajstić information content (AvgIpc) is 2.47. The molecule has 0 saturated carbocycles. The maximum absolute atomic E-state index is 12.3. The summed E-state index contributed by atoms with van der Waals surface area (Å²) in [6.07, 6.45) is -4.82. The SMILES string of the molecule is C[Si](C)(C)CC1(O)C(=O)Nc2ccc(OC(F)(F)F)cc21. The van der Waals surface area contributed by atoms with E-state index >= 15 is 0 Å². The molecule has 1 aliphatic rings. The number of ether oxygens (including phenoxy) is 1. The predicted octanol–water partition coefficient (Wildman–Crippen LogP) is 3.06. The van der Waals surface area contributed by atoms with Crippen LogP contribution in [0.5, 0.6) is 5.75 Å². The number of carbonyl (C=O) groups is 1. The van der Waals surface area contributed by atoms with Gasteiger partial charge in [-0.05, 0) is 24.2 Å². The first kappa shape index (κ1) is 15.8. The van der Waals surface area contributed by atoms with Crippen LogP contribution >= 0.6 is 0 Å². The Morgan fingerprint density at radius 1 is 1.33 bits per heavy atom. The zero-order chi connectivity index (χ0) is 16.1. The van der Waals surface area contributed by atoms with Crippen LogP contribution in [0.2, 0.25) is 25.7 Å². The van der Waals surface area contributed by atoms with E-state index in [-0.39, 0.29) is 11.6 Å². The molecule has 0 radical (unpaired) electrons. The van der Waals surface area contributed by atoms with Crippen molar-refractivity contribution in [2.45, 2.75) is 37.6 Å². The van der Waals surface area contributed by atoms with Crippen molar-refractivity contribution in [2.24, 2.45) is 0 Å². The molecular weight excluding hydrogens is 303 g/mol. The maximum Gasteiger partial charge on any atom is 0.573 e. The van der Waals surface area contributed by atoms with E-state index in [1.807, 2.05) is 19.6 Å². The third kappa shape index (κ3) is 3.38. The van der Waals surface area contributed by atoms with Gasteiger partial charge in [-0.2, -0.15) is 0 Å². The Morgan fingerprint density at radius 3 is 2.48 bits per heavy atom. The van der Waals surface area contributed by atoms with E-state index in [9.17, 15) is 23.1 Å². The molecule has 2 rings (SSSR count). The first-order valence-electron chi connectivity index (χ1n) is 6.35. The van der Waals surface area contributed by atoms with Crippen LogP contribution in [0.15, 0.2) is 18.2 Å². The number of nitrogens with one attached hydrogen (secondary N) is 1. The van der Waals surface area contributed by atoms with Gasteiger partial charge in [0.15, 0.2) is 5.60 Å². The summed E-state index contributed by atoms with van der Waals surface area (Å²) < 4.78 is 40.7. The molecule has 2 N–H and O–H groups in total. The van der Waals surface area contributed by atoms with Crippen molar-refractivity contribution in [1.29, 1.82) is 0 Å². The summed E-state index contributed by atoms with van der Waals surface area (Å²) in [6.45, 7) is 5.89. The Bertz CT molecular complexity index is 583. The van der Waals surface area contributed by atoms with Crippen LogP contribution < -0.4 is 10.1 Å². The van der Waals surface area contributed by atoms with E-state index in [1.165, 1.54) is 6.07 Å². The zero-order valence-electron chi connectivity index (χ0n) is 11.8. The number of fused-ring (bicyclic) bond motifs is 1. The van der Waals surface area contributed by atoms with Crippen LogP contribution in [0.3, 0.4) is 0 Å². The number of carbonyl (C=O) groups excluding carboxylic acids is 1. The molecule has 0 aromatic heterocycles. The van der Waals surface area contributed by atoms with Gasteiger partial charge in [-0.25, -0.2) is 0 Å². The molecule has 1 unspecified atom stereocenters. The molecule has 0 aliphatic carbocycles. The Morgan fingerprint density at radius 2 is 1.95 bits per heavy atom. The minimum atomic E-state index is -4.82. The molecule has 1 heterocycles. The molecule has 0 fully saturated rings. The number of benzene rings is 1. The van der Waals surface area contributed by atoms with Crippen LogP contribution in [0.1, 0.15) is 5.56 Å². The Hall–Kier alpha value is -1.54. The van der Waals surface area contributed by atoms with Crippen LogP contribution in [0.4, 0.5) is 18.9 Å². The van der Waals surface area contributed by atoms with Crippen LogP contribution in [0, 0.1) is 0 Å². The van der Waals surface area contributed by atoms with Gasteiger partial charge in [0.1, 0.15) is 5.75 Å². The highest BCUT2D eigenvalue weighted by Crippen LogP contribution is 2.43. The third-order valence-corrected chi connectivity index (χ3v) is 4.65. The third-order valence-electron chi connectivity index (χ3n) is 3.08. The largest absolute Gasteiger partial charge is 0.573 e. The molecule has 0 saturated heterocycles. The zero-order valence-corrected chi connectivity index (χ0v) is 12.8. The van der Waals surface area contributed by atoms with Crippen molar-refractivity contribution >= 4 is 19.7 Å². The predicted molar refractivity (Wildman–Crippen MR) is 73.8 cm³/mol. The lowest BCUT2D eigenvalue weighted by atomic mass is 9.97. The van der Waals surface area contributed by atoms with Crippen molar-refractivity contribution in [1.82, 2.24) is 0 Å². The van der Waals surface area contributed by atoms with E-state index in [4.69, 9.17) is 0 Å². The normalized spacial score (nSPS) is 22.0. The number of hydrogen-bond donors (Lipinski definition) is 2. The molecule has 1 amide bonds. The molecule has 1 aromatic rings. The molecule has 21 heavy (non-hydrogen) atoms. The number of halogens is 3. The van der Waals surface area contributed by atoms with Crippen molar-refractivity contribution < 1.29 is 27.8 Å².